The van der Waals surface area contributed by atoms with Crippen LogP contribution >= 0.6 is 0 Å². The predicted molar refractivity (Wildman–Crippen MR) is 83.7 cm³/mol. The minimum absolute atomic E-state index is 0.335. The second-order valence-electron chi connectivity index (χ2n) is 5.50. The second kappa shape index (κ2) is 6.71. The molecule has 2 rings (SSSR count). The summed E-state index contributed by atoms with van der Waals surface area (Å²) in [6.07, 6.45) is 5.08. The lowest BCUT2D eigenvalue weighted by atomic mass is 10.00. The summed E-state index contributed by atoms with van der Waals surface area (Å²) in [5.74, 6) is 1.11. The highest BCUT2D eigenvalue weighted by atomic mass is 15.1. The van der Waals surface area contributed by atoms with Gasteiger partial charge in [-0.2, -0.15) is 0 Å². The van der Waals surface area contributed by atoms with Crippen molar-refractivity contribution in [2.75, 3.05) is 0 Å². The SMILES string of the molecule is CCCn1ccnc1CNC(C)c1cc(C)ccc1C. The molecule has 0 amide bonds. The third-order valence-corrected chi connectivity index (χ3v) is 3.73. The van der Waals surface area contributed by atoms with Gasteiger partial charge in [0, 0.05) is 25.0 Å². The van der Waals surface area contributed by atoms with Crippen LogP contribution in [0.5, 0.6) is 0 Å². The number of rotatable bonds is 6. The number of hydrogen-bond acceptors (Lipinski definition) is 2. The van der Waals surface area contributed by atoms with Crippen LogP contribution < -0.4 is 5.32 Å². The molecule has 0 radical (unpaired) electrons. The van der Waals surface area contributed by atoms with Crippen molar-refractivity contribution in [1.82, 2.24) is 14.9 Å². The molecule has 0 spiro atoms. The number of aromatic nitrogens is 2. The second-order valence-corrected chi connectivity index (χ2v) is 5.50. The molecule has 1 aromatic carbocycles. The molecule has 108 valence electrons. The summed E-state index contributed by atoms with van der Waals surface area (Å²) in [5, 5.41) is 3.58. The van der Waals surface area contributed by atoms with Crippen LogP contribution in [0.1, 0.15) is 48.8 Å². The molecule has 2 aromatic rings. The molecule has 0 aliphatic carbocycles. The molecule has 1 heterocycles. The standard InChI is InChI=1S/C17H25N3/c1-5-9-20-10-8-18-17(20)12-19-15(4)16-11-13(2)6-7-14(16)3/h6-8,10-11,15,19H,5,9,12H2,1-4H3. The zero-order valence-corrected chi connectivity index (χ0v) is 13.0. The van der Waals surface area contributed by atoms with E-state index in [4.69, 9.17) is 0 Å². The number of imidazole rings is 1. The minimum Gasteiger partial charge on any atom is -0.334 e. The smallest absolute Gasteiger partial charge is 0.122 e. The first-order valence-corrected chi connectivity index (χ1v) is 7.42. The molecule has 0 fully saturated rings. The maximum Gasteiger partial charge on any atom is 0.122 e. The summed E-state index contributed by atoms with van der Waals surface area (Å²) in [4.78, 5) is 4.44. The Bertz CT molecular complexity index is 557. The molecule has 3 nitrogen and oxygen atoms in total. The summed E-state index contributed by atoms with van der Waals surface area (Å²) in [6.45, 7) is 10.6. The first kappa shape index (κ1) is 14.8. The summed E-state index contributed by atoms with van der Waals surface area (Å²) >= 11 is 0. The maximum absolute atomic E-state index is 4.44. The first-order chi connectivity index (χ1) is 9.61. The first-order valence-electron chi connectivity index (χ1n) is 7.42. The molecule has 0 saturated heterocycles. The number of aryl methyl sites for hydroxylation is 3. The van der Waals surface area contributed by atoms with Gasteiger partial charge in [0.15, 0.2) is 0 Å². The third-order valence-electron chi connectivity index (χ3n) is 3.73. The van der Waals surface area contributed by atoms with Gasteiger partial charge in [0.25, 0.3) is 0 Å². The van der Waals surface area contributed by atoms with Crippen molar-refractivity contribution in [3.63, 3.8) is 0 Å². The lowest BCUT2D eigenvalue weighted by Crippen LogP contribution is -2.21. The quantitative estimate of drug-likeness (QED) is 0.867. The van der Waals surface area contributed by atoms with E-state index >= 15 is 0 Å². The van der Waals surface area contributed by atoms with Crippen LogP contribution in [-0.2, 0) is 13.1 Å². The van der Waals surface area contributed by atoms with Gasteiger partial charge in [-0.15, -0.1) is 0 Å². The van der Waals surface area contributed by atoms with Gasteiger partial charge >= 0.3 is 0 Å². The van der Waals surface area contributed by atoms with Crippen molar-refractivity contribution in [3.8, 4) is 0 Å². The third kappa shape index (κ3) is 3.48. The Morgan fingerprint density at radius 3 is 2.85 bits per heavy atom. The minimum atomic E-state index is 0.335. The van der Waals surface area contributed by atoms with Crippen molar-refractivity contribution >= 4 is 0 Å². The van der Waals surface area contributed by atoms with E-state index in [0.29, 0.717) is 6.04 Å². The topological polar surface area (TPSA) is 29.9 Å². The lowest BCUT2D eigenvalue weighted by molar-refractivity contribution is 0.530. The van der Waals surface area contributed by atoms with Gasteiger partial charge in [-0.3, -0.25) is 0 Å². The van der Waals surface area contributed by atoms with Crippen molar-refractivity contribution in [2.45, 2.75) is 53.2 Å². The van der Waals surface area contributed by atoms with Crippen molar-refractivity contribution in [3.05, 3.63) is 53.1 Å². The van der Waals surface area contributed by atoms with E-state index in [0.717, 1.165) is 25.3 Å². The molecule has 0 saturated carbocycles. The molecule has 1 N–H and O–H groups in total. The largest absolute Gasteiger partial charge is 0.334 e. The predicted octanol–water partition coefficient (Wildman–Crippen LogP) is 3.76. The van der Waals surface area contributed by atoms with Crippen LogP contribution in [0.2, 0.25) is 0 Å². The molecule has 0 aliphatic rings. The van der Waals surface area contributed by atoms with Crippen LogP contribution in [0.25, 0.3) is 0 Å². The normalized spacial score (nSPS) is 12.6. The number of nitrogens with one attached hydrogen (secondary N) is 1. The number of nitrogens with zero attached hydrogens (tertiary/aromatic N) is 2. The van der Waals surface area contributed by atoms with Gasteiger partial charge in [0.05, 0.1) is 6.54 Å². The summed E-state index contributed by atoms with van der Waals surface area (Å²) in [6, 6.07) is 6.97. The van der Waals surface area contributed by atoms with Crippen LogP contribution in [0, 0.1) is 13.8 Å². The highest BCUT2D eigenvalue weighted by molar-refractivity contribution is 5.32. The van der Waals surface area contributed by atoms with Crippen LogP contribution in [-0.4, -0.2) is 9.55 Å². The Balaban J connectivity index is 2.03. The highest BCUT2D eigenvalue weighted by Gasteiger charge is 2.10. The van der Waals surface area contributed by atoms with Gasteiger partial charge < -0.3 is 9.88 Å². The fourth-order valence-corrected chi connectivity index (χ4v) is 2.53. The molecular weight excluding hydrogens is 246 g/mol. The van der Waals surface area contributed by atoms with E-state index in [1.807, 2.05) is 6.20 Å². The zero-order valence-electron chi connectivity index (χ0n) is 13.0. The number of hydrogen-bond donors (Lipinski definition) is 1. The van der Waals surface area contributed by atoms with Crippen LogP contribution in [0.4, 0.5) is 0 Å². The molecule has 1 unspecified atom stereocenters. The van der Waals surface area contributed by atoms with Crippen LogP contribution in [0.15, 0.2) is 30.6 Å². The Morgan fingerprint density at radius 2 is 2.10 bits per heavy atom. The Morgan fingerprint density at radius 1 is 1.30 bits per heavy atom. The summed E-state index contributed by atoms with van der Waals surface area (Å²) < 4.78 is 2.23. The van der Waals surface area contributed by atoms with E-state index in [9.17, 15) is 0 Å². The van der Waals surface area contributed by atoms with E-state index in [2.05, 4.69) is 67.0 Å². The Kier molecular flexibility index (Phi) is 4.96. The average Bonchev–Trinajstić information content (AvgIpc) is 2.87. The van der Waals surface area contributed by atoms with Crippen molar-refractivity contribution in [1.29, 1.82) is 0 Å². The van der Waals surface area contributed by atoms with E-state index < -0.39 is 0 Å². The fourth-order valence-electron chi connectivity index (χ4n) is 2.53. The lowest BCUT2D eigenvalue weighted by Gasteiger charge is -2.17. The monoisotopic (exact) mass is 271 g/mol. The number of benzene rings is 1. The van der Waals surface area contributed by atoms with Gasteiger partial charge in [0.1, 0.15) is 5.82 Å². The fraction of sp³-hybridized carbons (Fsp3) is 0.471. The van der Waals surface area contributed by atoms with Gasteiger partial charge in [-0.05, 0) is 38.3 Å². The van der Waals surface area contributed by atoms with Crippen molar-refractivity contribution in [2.24, 2.45) is 0 Å². The van der Waals surface area contributed by atoms with E-state index in [-0.39, 0.29) is 0 Å². The molecule has 0 bridgehead atoms. The van der Waals surface area contributed by atoms with Gasteiger partial charge in [-0.25, -0.2) is 4.98 Å². The van der Waals surface area contributed by atoms with Gasteiger partial charge in [-0.1, -0.05) is 30.7 Å². The van der Waals surface area contributed by atoms with E-state index in [1.54, 1.807) is 0 Å². The molecular formula is C17H25N3. The molecule has 1 aromatic heterocycles. The molecule has 3 heteroatoms. The highest BCUT2D eigenvalue weighted by Crippen LogP contribution is 2.19. The van der Waals surface area contributed by atoms with E-state index in [1.165, 1.54) is 16.7 Å². The van der Waals surface area contributed by atoms with Gasteiger partial charge in [0.2, 0.25) is 0 Å². The molecule has 1 atom stereocenters. The molecule has 20 heavy (non-hydrogen) atoms. The zero-order chi connectivity index (χ0) is 14.5. The molecule has 0 aliphatic heterocycles. The van der Waals surface area contributed by atoms with Crippen LogP contribution in [0.3, 0.4) is 0 Å². The Hall–Kier alpha value is -1.61. The Labute approximate surface area is 122 Å². The van der Waals surface area contributed by atoms with Crippen molar-refractivity contribution < 1.29 is 0 Å². The summed E-state index contributed by atoms with van der Waals surface area (Å²) in [5.41, 5.74) is 4.03. The maximum atomic E-state index is 4.44. The summed E-state index contributed by atoms with van der Waals surface area (Å²) in [7, 11) is 0. The average molecular weight is 271 g/mol.